The molecule has 0 radical (unpaired) electrons. The Kier molecular flexibility index (Phi) is 6.85. The number of hydrogen-bond donors (Lipinski definition) is 2. The molecule has 28 heavy (non-hydrogen) atoms. The summed E-state index contributed by atoms with van der Waals surface area (Å²) in [7, 11) is 0. The molecule has 1 fully saturated rings. The molecule has 1 aliphatic rings. The number of morpholine rings is 1. The van der Waals surface area contributed by atoms with Crippen molar-refractivity contribution in [2.75, 3.05) is 38.2 Å². The molecule has 1 saturated heterocycles. The second-order valence-electron chi connectivity index (χ2n) is 6.32. The number of nitrogens with zero attached hydrogens (tertiary/aromatic N) is 3. The summed E-state index contributed by atoms with van der Waals surface area (Å²) in [5.41, 5.74) is 1.51. The lowest BCUT2D eigenvalue weighted by molar-refractivity contribution is -0.137. The fourth-order valence-corrected chi connectivity index (χ4v) is 2.74. The topological polar surface area (TPSA) is 97.7 Å². The number of rotatable bonds is 7. The first-order valence-corrected chi connectivity index (χ1v) is 9.28. The van der Waals surface area contributed by atoms with Crippen molar-refractivity contribution in [1.82, 2.24) is 20.0 Å². The predicted octanol–water partition coefficient (Wildman–Crippen LogP) is 1.46. The Morgan fingerprint density at radius 1 is 1.29 bits per heavy atom. The van der Waals surface area contributed by atoms with Crippen LogP contribution in [-0.2, 0) is 22.6 Å². The van der Waals surface area contributed by atoms with Gasteiger partial charge in [-0.2, -0.15) is 5.10 Å². The van der Waals surface area contributed by atoms with Crippen LogP contribution in [0.15, 0.2) is 36.7 Å². The highest BCUT2D eigenvalue weighted by Gasteiger charge is 2.17. The molecule has 3 amide bonds. The number of anilines is 1. The van der Waals surface area contributed by atoms with Crippen molar-refractivity contribution in [2.45, 2.75) is 20.0 Å². The number of benzene rings is 1. The van der Waals surface area contributed by atoms with Crippen LogP contribution in [0, 0.1) is 0 Å². The molecule has 150 valence electrons. The van der Waals surface area contributed by atoms with Crippen molar-refractivity contribution in [1.29, 1.82) is 0 Å². The van der Waals surface area contributed by atoms with E-state index in [1.165, 1.54) is 0 Å². The van der Waals surface area contributed by atoms with Gasteiger partial charge in [0, 0.05) is 49.7 Å². The predicted molar refractivity (Wildman–Crippen MR) is 103 cm³/mol. The van der Waals surface area contributed by atoms with E-state index in [4.69, 9.17) is 9.47 Å². The van der Waals surface area contributed by atoms with Gasteiger partial charge in [-0.3, -0.25) is 9.48 Å². The lowest BCUT2D eigenvalue weighted by atomic mass is 10.3. The van der Waals surface area contributed by atoms with Crippen LogP contribution >= 0.6 is 0 Å². The molecule has 0 aliphatic carbocycles. The maximum Gasteiger partial charge on any atom is 0.319 e. The van der Waals surface area contributed by atoms with Gasteiger partial charge in [-0.25, -0.2) is 4.79 Å². The lowest BCUT2D eigenvalue weighted by Gasteiger charge is -2.26. The smallest absolute Gasteiger partial charge is 0.319 e. The number of amides is 3. The maximum absolute atomic E-state index is 12.1. The van der Waals surface area contributed by atoms with Gasteiger partial charge < -0.3 is 25.0 Å². The van der Waals surface area contributed by atoms with Crippen LogP contribution in [-0.4, -0.2) is 59.5 Å². The van der Waals surface area contributed by atoms with Crippen LogP contribution in [0.1, 0.15) is 12.5 Å². The van der Waals surface area contributed by atoms with Crippen molar-refractivity contribution in [3.63, 3.8) is 0 Å². The first-order valence-electron chi connectivity index (χ1n) is 9.28. The van der Waals surface area contributed by atoms with Crippen LogP contribution in [0.5, 0.6) is 5.75 Å². The molecule has 1 aliphatic heterocycles. The Morgan fingerprint density at radius 2 is 2.11 bits per heavy atom. The van der Waals surface area contributed by atoms with Gasteiger partial charge in [-0.1, -0.05) is 6.07 Å². The first kappa shape index (κ1) is 19.7. The minimum absolute atomic E-state index is 0.0446. The molecule has 2 heterocycles. The fraction of sp³-hybridized carbons (Fsp3) is 0.421. The summed E-state index contributed by atoms with van der Waals surface area (Å²) in [6.07, 6.45) is 3.62. The standard InChI is InChI=1S/C19H25N5O4/c1-2-24-13-15(12-21-24)11-20-19(26)22-16-4-3-5-17(10-16)28-14-18(25)23-6-8-27-9-7-23/h3-5,10,12-13H,2,6-9,11,14H2,1H3,(H2,20,22,26). The van der Waals surface area contributed by atoms with Crippen LogP contribution in [0.25, 0.3) is 0 Å². The van der Waals surface area contributed by atoms with Gasteiger partial charge in [-0.15, -0.1) is 0 Å². The summed E-state index contributed by atoms with van der Waals surface area (Å²) in [5, 5.41) is 9.70. The number of urea groups is 1. The Bertz CT molecular complexity index is 801. The van der Waals surface area contributed by atoms with Gasteiger partial charge in [0.1, 0.15) is 5.75 Å². The summed E-state index contributed by atoms with van der Waals surface area (Å²) in [4.78, 5) is 25.9. The lowest BCUT2D eigenvalue weighted by Crippen LogP contribution is -2.42. The summed E-state index contributed by atoms with van der Waals surface area (Å²) < 4.78 is 12.6. The number of hydrogen-bond acceptors (Lipinski definition) is 5. The molecule has 9 heteroatoms. The van der Waals surface area contributed by atoms with Gasteiger partial charge in [0.15, 0.2) is 6.61 Å². The zero-order valence-corrected chi connectivity index (χ0v) is 15.9. The Balaban J connectivity index is 1.45. The SMILES string of the molecule is CCn1cc(CNC(=O)Nc2cccc(OCC(=O)N3CCOCC3)c2)cn1. The third-order valence-corrected chi connectivity index (χ3v) is 4.28. The Morgan fingerprint density at radius 3 is 2.86 bits per heavy atom. The number of nitrogens with one attached hydrogen (secondary N) is 2. The van der Waals surface area contributed by atoms with Gasteiger partial charge in [0.05, 0.1) is 19.4 Å². The van der Waals surface area contributed by atoms with Crippen LogP contribution in [0.4, 0.5) is 10.5 Å². The van der Waals surface area contributed by atoms with E-state index in [2.05, 4.69) is 15.7 Å². The second-order valence-corrected chi connectivity index (χ2v) is 6.32. The van der Waals surface area contributed by atoms with E-state index >= 15 is 0 Å². The minimum atomic E-state index is -0.328. The number of aryl methyl sites for hydroxylation is 1. The Hall–Kier alpha value is -3.07. The van der Waals surface area contributed by atoms with Crippen molar-refractivity contribution in [2.24, 2.45) is 0 Å². The molecule has 0 spiro atoms. The quantitative estimate of drug-likeness (QED) is 0.750. The molecular weight excluding hydrogens is 362 g/mol. The second kappa shape index (κ2) is 9.75. The molecule has 1 aromatic carbocycles. The van der Waals surface area contributed by atoms with Crippen molar-refractivity contribution in [3.05, 3.63) is 42.2 Å². The van der Waals surface area contributed by atoms with E-state index < -0.39 is 0 Å². The van der Waals surface area contributed by atoms with Crippen molar-refractivity contribution in [3.8, 4) is 5.75 Å². The van der Waals surface area contributed by atoms with Crippen molar-refractivity contribution < 1.29 is 19.1 Å². The van der Waals surface area contributed by atoms with E-state index in [1.54, 1.807) is 40.0 Å². The van der Waals surface area contributed by atoms with Crippen LogP contribution in [0.3, 0.4) is 0 Å². The zero-order valence-electron chi connectivity index (χ0n) is 15.9. The van der Waals surface area contributed by atoms with Gasteiger partial charge >= 0.3 is 6.03 Å². The highest BCUT2D eigenvalue weighted by molar-refractivity contribution is 5.89. The molecule has 3 rings (SSSR count). The molecule has 0 saturated carbocycles. The van der Waals surface area contributed by atoms with Gasteiger partial charge in [0.2, 0.25) is 0 Å². The molecule has 2 aromatic rings. The fourth-order valence-electron chi connectivity index (χ4n) is 2.74. The molecule has 0 atom stereocenters. The van der Waals surface area contributed by atoms with E-state index in [9.17, 15) is 9.59 Å². The summed E-state index contributed by atoms with van der Waals surface area (Å²) in [5.74, 6) is 0.440. The highest BCUT2D eigenvalue weighted by atomic mass is 16.5. The number of aromatic nitrogens is 2. The molecule has 9 nitrogen and oxygen atoms in total. The van der Waals surface area contributed by atoms with E-state index in [0.717, 1.165) is 12.1 Å². The largest absolute Gasteiger partial charge is 0.484 e. The van der Waals surface area contributed by atoms with E-state index in [-0.39, 0.29) is 18.5 Å². The number of ether oxygens (including phenoxy) is 2. The maximum atomic E-state index is 12.1. The average Bonchev–Trinajstić information content (AvgIpc) is 3.20. The minimum Gasteiger partial charge on any atom is -0.484 e. The molecule has 0 bridgehead atoms. The normalized spacial score (nSPS) is 13.8. The number of carbonyl (C=O) groups excluding carboxylic acids is 2. The first-order chi connectivity index (χ1) is 13.6. The summed E-state index contributed by atoms with van der Waals surface area (Å²) in [6, 6.07) is 6.61. The zero-order chi connectivity index (χ0) is 19.8. The average molecular weight is 387 g/mol. The van der Waals surface area contributed by atoms with Crippen molar-refractivity contribution >= 4 is 17.6 Å². The van der Waals surface area contributed by atoms with Gasteiger partial charge in [0.25, 0.3) is 5.91 Å². The van der Waals surface area contributed by atoms with Crippen LogP contribution < -0.4 is 15.4 Å². The highest BCUT2D eigenvalue weighted by Crippen LogP contribution is 2.17. The molecule has 2 N–H and O–H groups in total. The van der Waals surface area contributed by atoms with Gasteiger partial charge in [-0.05, 0) is 19.1 Å². The third-order valence-electron chi connectivity index (χ3n) is 4.28. The summed E-state index contributed by atoms with van der Waals surface area (Å²) >= 11 is 0. The molecule has 1 aromatic heterocycles. The monoisotopic (exact) mass is 387 g/mol. The van der Waals surface area contributed by atoms with Crippen LogP contribution in [0.2, 0.25) is 0 Å². The van der Waals surface area contributed by atoms with E-state index in [0.29, 0.717) is 44.3 Å². The Labute approximate surface area is 163 Å². The molecule has 0 unspecified atom stereocenters. The molecular formula is C19H25N5O4. The van der Waals surface area contributed by atoms with E-state index in [1.807, 2.05) is 13.1 Å². The third kappa shape index (κ3) is 5.71. The number of carbonyl (C=O) groups is 2. The summed E-state index contributed by atoms with van der Waals surface area (Å²) in [6.45, 7) is 5.40.